The molecule has 29 heavy (non-hydrogen) atoms. The highest BCUT2D eigenvalue weighted by Crippen LogP contribution is 2.34. The molecule has 0 radical (unpaired) electrons. The number of nitrogens with zero attached hydrogens (tertiary/aromatic N) is 1. The number of rotatable bonds is 8. The highest BCUT2D eigenvalue weighted by Gasteiger charge is 2.39. The van der Waals surface area contributed by atoms with Gasteiger partial charge in [0.15, 0.2) is 0 Å². The van der Waals surface area contributed by atoms with Gasteiger partial charge in [0.25, 0.3) is 11.8 Å². The van der Waals surface area contributed by atoms with Crippen molar-refractivity contribution in [1.82, 2.24) is 4.90 Å². The van der Waals surface area contributed by atoms with Crippen molar-refractivity contribution in [3.63, 3.8) is 0 Å². The van der Waals surface area contributed by atoms with Crippen molar-refractivity contribution in [2.45, 2.75) is 20.8 Å². The molecule has 2 amide bonds. The Balaban J connectivity index is 2.05. The first-order chi connectivity index (χ1) is 14.0. The van der Waals surface area contributed by atoms with E-state index in [0.717, 1.165) is 0 Å². The topological polar surface area (TPSA) is 67.9 Å². The highest BCUT2D eigenvalue weighted by atomic mass is 16.5. The maximum absolute atomic E-state index is 13.2. The minimum Gasteiger partial charge on any atom is -0.495 e. The second-order valence-electron chi connectivity index (χ2n) is 7.15. The summed E-state index contributed by atoms with van der Waals surface area (Å²) >= 11 is 0. The fraction of sp³-hybridized carbons (Fsp3) is 0.304. The van der Waals surface area contributed by atoms with Crippen molar-refractivity contribution in [2.75, 3.05) is 25.6 Å². The van der Waals surface area contributed by atoms with E-state index in [1.54, 1.807) is 37.4 Å². The molecule has 0 aromatic heterocycles. The van der Waals surface area contributed by atoms with E-state index in [1.807, 2.05) is 39.0 Å². The second-order valence-corrected chi connectivity index (χ2v) is 7.15. The lowest BCUT2D eigenvalue weighted by atomic mass is 10.0. The van der Waals surface area contributed by atoms with Gasteiger partial charge in [0.1, 0.15) is 17.2 Å². The number of carbonyl (C=O) groups is 2. The zero-order valence-electron chi connectivity index (χ0n) is 17.2. The molecule has 1 aliphatic heterocycles. The molecule has 0 unspecified atom stereocenters. The molecule has 1 heterocycles. The van der Waals surface area contributed by atoms with E-state index in [2.05, 4.69) is 5.32 Å². The van der Waals surface area contributed by atoms with E-state index in [0.29, 0.717) is 41.5 Å². The molecule has 0 fully saturated rings. The molecule has 0 aliphatic carbocycles. The molecule has 0 saturated heterocycles. The Morgan fingerprint density at radius 2 is 1.69 bits per heavy atom. The number of carbonyl (C=O) groups excluding carboxylic acids is 2. The number of amides is 2. The van der Waals surface area contributed by atoms with Gasteiger partial charge >= 0.3 is 0 Å². The van der Waals surface area contributed by atoms with E-state index in [9.17, 15) is 9.59 Å². The summed E-state index contributed by atoms with van der Waals surface area (Å²) in [6, 6.07) is 14.5. The van der Waals surface area contributed by atoms with Crippen LogP contribution in [0.3, 0.4) is 0 Å². The molecule has 0 bridgehead atoms. The molecular weight excluding hydrogens is 368 g/mol. The van der Waals surface area contributed by atoms with Gasteiger partial charge in [-0.1, -0.05) is 38.1 Å². The van der Waals surface area contributed by atoms with Crippen molar-refractivity contribution in [1.29, 1.82) is 0 Å². The van der Waals surface area contributed by atoms with Crippen molar-refractivity contribution in [3.8, 4) is 11.5 Å². The number of imide groups is 1. The number of ether oxygens (including phenoxy) is 2. The molecule has 6 nitrogen and oxygen atoms in total. The number of hydrogen-bond acceptors (Lipinski definition) is 5. The SMILES string of the molecule is CCOc1ccc(C2=C(Nc3ccccc3OC)C(=O)N(CC(C)C)C2=O)cc1. The van der Waals surface area contributed by atoms with Gasteiger partial charge < -0.3 is 14.8 Å². The first-order valence-corrected chi connectivity index (χ1v) is 9.70. The zero-order valence-corrected chi connectivity index (χ0v) is 17.2. The van der Waals surface area contributed by atoms with Crippen LogP contribution in [-0.2, 0) is 9.59 Å². The van der Waals surface area contributed by atoms with Crippen LogP contribution < -0.4 is 14.8 Å². The first-order valence-electron chi connectivity index (χ1n) is 9.70. The van der Waals surface area contributed by atoms with Crippen molar-refractivity contribution >= 4 is 23.1 Å². The van der Waals surface area contributed by atoms with E-state index >= 15 is 0 Å². The third kappa shape index (κ3) is 4.26. The average Bonchev–Trinajstić information content (AvgIpc) is 2.93. The number of methoxy groups -OCH3 is 1. The summed E-state index contributed by atoms with van der Waals surface area (Å²) in [4.78, 5) is 27.6. The van der Waals surface area contributed by atoms with Crippen LogP contribution in [0.15, 0.2) is 54.2 Å². The average molecular weight is 394 g/mol. The van der Waals surface area contributed by atoms with Gasteiger partial charge in [-0.05, 0) is 42.7 Å². The van der Waals surface area contributed by atoms with Gasteiger partial charge in [0.05, 0.1) is 25.0 Å². The van der Waals surface area contributed by atoms with Gasteiger partial charge in [-0.2, -0.15) is 0 Å². The minimum absolute atomic E-state index is 0.162. The lowest BCUT2D eigenvalue weighted by Gasteiger charge is -2.17. The normalized spacial score (nSPS) is 14.0. The maximum Gasteiger partial charge on any atom is 0.278 e. The van der Waals surface area contributed by atoms with E-state index < -0.39 is 0 Å². The molecule has 3 rings (SSSR count). The Morgan fingerprint density at radius 3 is 2.31 bits per heavy atom. The van der Waals surface area contributed by atoms with E-state index in [4.69, 9.17) is 9.47 Å². The smallest absolute Gasteiger partial charge is 0.278 e. The number of anilines is 1. The van der Waals surface area contributed by atoms with E-state index in [-0.39, 0.29) is 23.4 Å². The molecule has 6 heteroatoms. The van der Waals surface area contributed by atoms with Gasteiger partial charge in [-0.25, -0.2) is 0 Å². The summed E-state index contributed by atoms with van der Waals surface area (Å²) in [5.74, 6) is 0.833. The van der Waals surface area contributed by atoms with Crippen LogP contribution in [0, 0.1) is 5.92 Å². The standard InChI is InChI=1S/C23H26N2O4/c1-5-29-17-12-10-16(11-13-17)20-21(23(27)25(22(20)26)14-15(2)3)24-18-8-6-7-9-19(18)28-4/h6-13,15,24H,5,14H2,1-4H3. The molecule has 0 saturated carbocycles. The number of benzene rings is 2. The quantitative estimate of drug-likeness (QED) is 0.687. The molecular formula is C23H26N2O4. The van der Waals surface area contributed by atoms with E-state index in [1.165, 1.54) is 4.90 Å². The maximum atomic E-state index is 13.2. The third-order valence-electron chi connectivity index (χ3n) is 4.54. The fourth-order valence-electron chi connectivity index (χ4n) is 3.26. The largest absolute Gasteiger partial charge is 0.495 e. The Labute approximate surface area is 171 Å². The summed E-state index contributed by atoms with van der Waals surface area (Å²) in [5, 5.41) is 3.14. The van der Waals surface area contributed by atoms with Crippen molar-refractivity contribution < 1.29 is 19.1 Å². The van der Waals surface area contributed by atoms with Crippen LogP contribution in [0.1, 0.15) is 26.3 Å². The molecule has 0 atom stereocenters. The molecule has 0 spiro atoms. The molecule has 1 aliphatic rings. The zero-order chi connectivity index (χ0) is 21.0. The molecule has 152 valence electrons. The fourth-order valence-corrected chi connectivity index (χ4v) is 3.26. The van der Waals surface area contributed by atoms with Gasteiger partial charge in [0.2, 0.25) is 0 Å². The molecule has 1 N–H and O–H groups in total. The summed E-state index contributed by atoms with van der Waals surface area (Å²) in [7, 11) is 1.56. The monoisotopic (exact) mass is 394 g/mol. The Bertz CT molecular complexity index is 932. The number of para-hydroxylation sites is 2. The van der Waals surface area contributed by atoms with Crippen LogP contribution in [0.5, 0.6) is 11.5 Å². The summed E-state index contributed by atoms with van der Waals surface area (Å²) < 4.78 is 10.9. The Hall–Kier alpha value is -3.28. The van der Waals surface area contributed by atoms with Crippen molar-refractivity contribution in [3.05, 3.63) is 59.8 Å². The lowest BCUT2D eigenvalue weighted by molar-refractivity contribution is -0.137. The minimum atomic E-state index is -0.335. The van der Waals surface area contributed by atoms with Gasteiger partial charge in [0, 0.05) is 6.54 Å². The Morgan fingerprint density at radius 1 is 1.00 bits per heavy atom. The van der Waals surface area contributed by atoms with Crippen LogP contribution in [0.2, 0.25) is 0 Å². The van der Waals surface area contributed by atoms with Crippen LogP contribution in [-0.4, -0.2) is 37.0 Å². The lowest BCUT2D eigenvalue weighted by Crippen LogP contribution is -2.35. The first kappa shape index (κ1) is 20.5. The highest BCUT2D eigenvalue weighted by molar-refractivity contribution is 6.36. The third-order valence-corrected chi connectivity index (χ3v) is 4.54. The van der Waals surface area contributed by atoms with Crippen LogP contribution in [0.25, 0.3) is 5.57 Å². The van der Waals surface area contributed by atoms with Crippen LogP contribution in [0.4, 0.5) is 5.69 Å². The summed E-state index contributed by atoms with van der Waals surface area (Å²) in [6.45, 7) is 6.78. The second kappa shape index (κ2) is 8.82. The predicted molar refractivity (Wildman–Crippen MR) is 113 cm³/mol. The van der Waals surface area contributed by atoms with Crippen LogP contribution >= 0.6 is 0 Å². The van der Waals surface area contributed by atoms with Crippen molar-refractivity contribution in [2.24, 2.45) is 5.92 Å². The van der Waals surface area contributed by atoms with Gasteiger partial charge in [-0.15, -0.1) is 0 Å². The number of nitrogens with one attached hydrogen (secondary N) is 1. The number of hydrogen-bond donors (Lipinski definition) is 1. The summed E-state index contributed by atoms with van der Waals surface area (Å²) in [6.07, 6.45) is 0. The summed E-state index contributed by atoms with van der Waals surface area (Å²) in [5.41, 5.74) is 1.89. The predicted octanol–water partition coefficient (Wildman–Crippen LogP) is 3.94. The molecule has 2 aromatic rings. The molecule has 2 aromatic carbocycles. The Kier molecular flexibility index (Phi) is 6.22. The van der Waals surface area contributed by atoms with Gasteiger partial charge in [-0.3, -0.25) is 14.5 Å².